The number of rotatable bonds is 6. The first kappa shape index (κ1) is 21.9. The van der Waals surface area contributed by atoms with E-state index >= 15 is 0 Å². The lowest BCUT2D eigenvalue weighted by molar-refractivity contribution is -0.117. The van der Waals surface area contributed by atoms with Crippen molar-refractivity contribution in [3.63, 3.8) is 0 Å². The predicted molar refractivity (Wildman–Crippen MR) is 124 cm³/mol. The molecule has 4 rings (SSSR count). The van der Waals surface area contributed by atoms with Gasteiger partial charge in [-0.3, -0.25) is 14.5 Å². The van der Waals surface area contributed by atoms with Crippen LogP contribution in [0.1, 0.15) is 33.8 Å². The lowest BCUT2D eigenvalue weighted by Crippen LogP contribution is -2.31. The highest BCUT2D eigenvalue weighted by Crippen LogP contribution is 2.44. The molecule has 0 saturated heterocycles. The van der Waals surface area contributed by atoms with Gasteiger partial charge in [0.2, 0.25) is 5.78 Å². The van der Waals surface area contributed by atoms with E-state index in [4.69, 9.17) is 16.3 Å². The van der Waals surface area contributed by atoms with Crippen LogP contribution in [-0.4, -0.2) is 28.5 Å². The van der Waals surface area contributed by atoms with Gasteiger partial charge in [-0.25, -0.2) is 0 Å². The van der Waals surface area contributed by atoms with Gasteiger partial charge in [-0.1, -0.05) is 29.8 Å². The third-order valence-electron chi connectivity index (χ3n) is 5.23. The minimum absolute atomic E-state index is 0.0396. The molecule has 0 saturated carbocycles. The van der Waals surface area contributed by atoms with E-state index in [1.807, 2.05) is 6.92 Å². The molecule has 1 aromatic heterocycles. The Morgan fingerprint density at radius 1 is 1.19 bits per heavy atom. The van der Waals surface area contributed by atoms with Gasteiger partial charge in [-0.2, -0.15) is 0 Å². The van der Waals surface area contributed by atoms with Crippen LogP contribution in [0.2, 0.25) is 5.02 Å². The molecule has 2 heterocycles. The number of thiophene rings is 1. The molecule has 2 N–H and O–H groups in total. The zero-order valence-electron chi connectivity index (χ0n) is 17.3. The van der Waals surface area contributed by atoms with Crippen LogP contribution in [0.15, 0.2) is 65.2 Å². The maximum absolute atomic E-state index is 13.3. The first-order valence-corrected chi connectivity index (χ1v) is 11.2. The van der Waals surface area contributed by atoms with E-state index in [9.17, 15) is 19.8 Å². The summed E-state index contributed by atoms with van der Waals surface area (Å²) in [6, 6.07) is 12.1. The summed E-state index contributed by atoms with van der Waals surface area (Å²) in [4.78, 5) is 28.3. The van der Waals surface area contributed by atoms with E-state index in [1.54, 1.807) is 54.8 Å². The average Bonchev–Trinajstić information content (AvgIpc) is 3.39. The Balaban J connectivity index is 1.91. The molecule has 1 aliphatic rings. The van der Waals surface area contributed by atoms with Gasteiger partial charge in [0, 0.05) is 10.7 Å². The number of hydrogen-bond acceptors (Lipinski definition) is 6. The molecule has 0 spiro atoms. The fourth-order valence-corrected chi connectivity index (χ4v) is 4.52. The second-order valence-electron chi connectivity index (χ2n) is 7.24. The summed E-state index contributed by atoms with van der Waals surface area (Å²) in [6.45, 7) is 3.94. The van der Waals surface area contributed by atoms with E-state index in [0.717, 1.165) is 5.56 Å². The molecule has 1 aliphatic heterocycles. The molecule has 0 radical (unpaired) electrons. The molecule has 164 valence electrons. The lowest BCUT2D eigenvalue weighted by atomic mass is 9.94. The summed E-state index contributed by atoms with van der Waals surface area (Å²) >= 11 is 7.53. The number of benzene rings is 2. The van der Waals surface area contributed by atoms with E-state index in [0.29, 0.717) is 27.8 Å². The number of hydrogen-bond donors (Lipinski definition) is 2. The van der Waals surface area contributed by atoms with Crippen molar-refractivity contribution in [3.8, 4) is 11.5 Å². The molecule has 0 aliphatic carbocycles. The van der Waals surface area contributed by atoms with Crippen LogP contribution in [-0.2, 0) is 4.79 Å². The molecule has 1 amide bonds. The van der Waals surface area contributed by atoms with Crippen molar-refractivity contribution in [1.82, 2.24) is 0 Å². The van der Waals surface area contributed by atoms with Crippen molar-refractivity contribution in [3.05, 3.63) is 86.3 Å². The van der Waals surface area contributed by atoms with Gasteiger partial charge in [0.1, 0.15) is 0 Å². The molecule has 2 aromatic carbocycles. The maximum Gasteiger partial charge on any atom is 0.294 e. The van der Waals surface area contributed by atoms with Crippen molar-refractivity contribution in [1.29, 1.82) is 0 Å². The predicted octanol–water partition coefficient (Wildman–Crippen LogP) is 5.60. The van der Waals surface area contributed by atoms with Gasteiger partial charge in [0.25, 0.3) is 5.91 Å². The van der Waals surface area contributed by atoms with Crippen molar-refractivity contribution in [2.45, 2.75) is 19.9 Å². The van der Waals surface area contributed by atoms with Crippen molar-refractivity contribution >= 4 is 40.3 Å². The number of amides is 1. The number of phenolic OH excluding ortho intramolecular Hbond substituents is 1. The quantitative estimate of drug-likeness (QED) is 0.459. The van der Waals surface area contributed by atoms with Crippen molar-refractivity contribution in [2.24, 2.45) is 0 Å². The number of phenols is 1. The summed E-state index contributed by atoms with van der Waals surface area (Å²) in [6.07, 6.45) is 0. The van der Waals surface area contributed by atoms with Crippen LogP contribution in [0.5, 0.6) is 11.5 Å². The molecule has 1 atom stereocenters. The van der Waals surface area contributed by atoms with E-state index in [-0.39, 0.29) is 17.1 Å². The highest BCUT2D eigenvalue weighted by atomic mass is 35.5. The second-order valence-corrected chi connectivity index (χ2v) is 8.59. The molecule has 8 heteroatoms. The number of carbonyl (C=O) groups is 2. The number of carbonyl (C=O) groups excluding carboxylic acids is 2. The minimum atomic E-state index is -0.935. The summed E-state index contributed by atoms with van der Waals surface area (Å²) in [5, 5.41) is 23.1. The van der Waals surface area contributed by atoms with Gasteiger partial charge in [0.15, 0.2) is 17.3 Å². The fraction of sp³-hybridized carbons (Fsp3) is 0.167. The van der Waals surface area contributed by atoms with Crippen LogP contribution in [0, 0.1) is 6.92 Å². The zero-order chi connectivity index (χ0) is 23.0. The average molecular weight is 470 g/mol. The third-order valence-corrected chi connectivity index (χ3v) is 6.51. The van der Waals surface area contributed by atoms with Crippen LogP contribution < -0.4 is 9.64 Å². The molecule has 1 unspecified atom stereocenters. The van der Waals surface area contributed by atoms with E-state index in [1.165, 1.54) is 22.3 Å². The fourth-order valence-electron chi connectivity index (χ4n) is 3.66. The number of aromatic hydroxyl groups is 1. The Hall–Kier alpha value is -3.29. The smallest absolute Gasteiger partial charge is 0.294 e. The van der Waals surface area contributed by atoms with Crippen LogP contribution >= 0.6 is 22.9 Å². The zero-order valence-corrected chi connectivity index (χ0v) is 18.9. The Kier molecular flexibility index (Phi) is 5.95. The van der Waals surface area contributed by atoms with Crippen molar-refractivity contribution in [2.75, 3.05) is 11.5 Å². The monoisotopic (exact) mass is 469 g/mol. The summed E-state index contributed by atoms with van der Waals surface area (Å²) < 4.78 is 5.50. The Morgan fingerprint density at radius 3 is 2.62 bits per heavy atom. The minimum Gasteiger partial charge on any atom is -0.504 e. The van der Waals surface area contributed by atoms with E-state index < -0.39 is 23.5 Å². The van der Waals surface area contributed by atoms with Crippen LogP contribution in [0.25, 0.3) is 0 Å². The highest BCUT2D eigenvalue weighted by molar-refractivity contribution is 7.12. The maximum atomic E-state index is 13.3. The number of aryl methyl sites for hydroxylation is 1. The molecule has 3 aromatic rings. The Morgan fingerprint density at radius 2 is 1.97 bits per heavy atom. The molecule has 32 heavy (non-hydrogen) atoms. The van der Waals surface area contributed by atoms with Crippen LogP contribution in [0.4, 0.5) is 5.69 Å². The number of aliphatic hydroxyl groups excluding tert-OH is 1. The Bertz CT molecular complexity index is 1240. The highest BCUT2D eigenvalue weighted by Gasteiger charge is 2.45. The number of aliphatic hydroxyl groups is 1. The van der Waals surface area contributed by atoms with Crippen LogP contribution in [0.3, 0.4) is 0 Å². The lowest BCUT2D eigenvalue weighted by Gasteiger charge is -2.27. The molecule has 0 fully saturated rings. The van der Waals surface area contributed by atoms with Gasteiger partial charge in [0.05, 0.1) is 23.1 Å². The number of anilines is 1. The third kappa shape index (κ3) is 3.74. The normalized spacial score (nSPS) is 16.0. The Labute approximate surface area is 193 Å². The summed E-state index contributed by atoms with van der Waals surface area (Å²) in [5.74, 6) is -1.61. The number of nitrogens with zero attached hydrogens (tertiary/aromatic N) is 1. The van der Waals surface area contributed by atoms with Gasteiger partial charge < -0.3 is 14.9 Å². The molecule has 0 bridgehead atoms. The molecular formula is C24H20ClNO5S. The number of Topliss-reactive ketones (excluding diaryl/α,β-unsaturated/α-hetero) is 1. The standard InChI is InChI=1S/C24H20ClNO5S/c1-3-31-18-11-14(7-9-17(18)27)21-20(22(28)19-5-4-10-32-19)23(29)24(30)26(21)15-8-6-13(2)16(25)12-15/h4-12,21,27,29H,3H2,1-2H3. The number of halogens is 1. The summed E-state index contributed by atoms with van der Waals surface area (Å²) in [7, 11) is 0. The van der Waals surface area contributed by atoms with E-state index in [2.05, 4.69) is 0 Å². The topological polar surface area (TPSA) is 87.1 Å². The van der Waals surface area contributed by atoms with Gasteiger partial charge in [-0.05, 0) is 60.7 Å². The SMILES string of the molecule is CCOc1cc(C2C(C(=O)c3cccs3)=C(O)C(=O)N2c2ccc(C)c(Cl)c2)ccc1O. The van der Waals surface area contributed by atoms with Gasteiger partial charge >= 0.3 is 0 Å². The first-order valence-electron chi connectivity index (χ1n) is 9.90. The largest absolute Gasteiger partial charge is 0.504 e. The number of ketones is 1. The first-order chi connectivity index (χ1) is 15.3. The second kappa shape index (κ2) is 8.68. The molecule has 6 nitrogen and oxygen atoms in total. The van der Waals surface area contributed by atoms with Crippen molar-refractivity contribution < 1.29 is 24.5 Å². The number of ether oxygens (including phenoxy) is 1. The summed E-state index contributed by atoms with van der Waals surface area (Å²) in [5.41, 5.74) is 1.72. The molecular weight excluding hydrogens is 450 g/mol. The van der Waals surface area contributed by atoms with Gasteiger partial charge in [-0.15, -0.1) is 11.3 Å².